The molecule has 0 aliphatic rings. The molecule has 0 spiro atoms. The second kappa shape index (κ2) is 7.10. The molecular weight excluding hydrogens is 226 g/mol. The Labute approximate surface area is 89.5 Å². The average molecular weight is 244 g/mol. The number of halogens is 1. The number of allylic oxidation sites excluding steroid dienone is 4. The van der Waals surface area contributed by atoms with Gasteiger partial charge in [0.25, 0.3) is 0 Å². The van der Waals surface area contributed by atoms with E-state index in [1.807, 2.05) is 19.1 Å². The lowest BCUT2D eigenvalue weighted by Crippen LogP contribution is -2.14. The summed E-state index contributed by atoms with van der Waals surface area (Å²) in [5, 5.41) is 0. The minimum absolute atomic E-state index is 0.421. The Kier molecular flexibility index (Phi) is 6.92. The van der Waals surface area contributed by atoms with E-state index in [0.29, 0.717) is 12.5 Å². The average Bonchev–Trinajstić information content (AvgIpc) is 2.13. The molecule has 0 amide bonds. The van der Waals surface area contributed by atoms with Gasteiger partial charge in [0, 0.05) is 4.48 Å². The summed E-state index contributed by atoms with van der Waals surface area (Å²) in [7, 11) is 0. The van der Waals surface area contributed by atoms with Crippen LogP contribution in [0.25, 0.3) is 0 Å². The van der Waals surface area contributed by atoms with Crippen LogP contribution in [0.5, 0.6) is 0 Å². The maximum Gasteiger partial charge on any atom is 0.0132 e. The van der Waals surface area contributed by atoms with Crippen molar-refractivity contribution in [2.24, 2.45) is 11.7 Å². The van der Waals surface area contributed by atoms with Crippen molar-refractivity contribution in [2.75, 3.05) is 6.54 Å². The van der Waals surface area contributed by atoms with Gasteiger partial charge in [-0.25, -0.2) is 0 Å². The number of rotatable bonds is 5. The van der Waals surface area contributed by atoms with Gasteiger partial charge in [-0.2, -0.15) is 0 Å². The Hall–Kier alpha value is -0.340. The highest BCUT2D eigenvalue weighted by Crippen LogP contribution is 2.18. The van der Waals surface area contributed by atoms with Gasteiger partial charge >= 0.3 is 0 Å². The minimum atomic E-state index is 0.421. The molecule has 1 atom stereocenters. The number of nitrogens with two attached hydrogens (primary N) is 1. The van der Waals surface area contributed by atoms with Gasteiger partial charge in [0.05, 0.1) is 0 Å². The van der Waals surface area contributed by atoms with Crippen molar-refractivity contribution in [3.05, 3.63) is 34.9 Å². The van der Waals surface area contributed by atoms with Crippen LogP contribution in [0.4, 0.5) is 0 Å². The van der Waals surface area contributed by atoms with Crippen molar-refractivity contribution >= 4 is 15.9 Å². The summed E-state index contributed by atoms with van der Waals surface area (Å²) in [6, 6.07) is 0. The monoisotopic (exact) mass is 243 g/mol. The Morgan fingerprint density at radius 1 is 1.62 bits per heavy atom. The molecule has 1 unspecified atom stereocenters. The van der Waals surface area contributed by atoms with Crippen LogP contribution in [-0.4, -0.2) is 6.54 Å². The Morgan fingerprint density at radius 3 is 2.62 bits per heavy atom. The molecule has 0 aliphatic carbocycles. The molecule has 0 fully saturated rings. The fourth-order valence-electron chi connectivity index (χ4n) is 1.09. The van der Waals surface area contributed by atoms with E-state index in [9.17, 15) is 0 Å². The van der Waals surface area contributed by atoms with Crippen LogP contribution in [-0.2, 0) is 0 Å². The molecule has 1 nitrogen and oxygen atoms in total. The van der Waals surface area contributed by atoms with Crippen molar-refractivity contribution < 1.29 is 0 Å². The fourth-order valence-corrected chi connectivity index (χ4v) is 1.45. The van der Waals surface area contributed by atoms with Crippen LogP contribution in [0.1, 0.15) is 20.3 Å². The zero-order valence-electron chi connectivity index (χ0n) is 8.39. The van der Waals surface area contributed by atoms with E-state index in [4.69, 9.17) is 5.73 Å². The topological polar surface area (TPSA) is 26.0 Å². The van der Waals surface area contributed by atoms with Gasteiger partial charge in [0.15, 0.2) is 0 Å². The van der Waals surface area contributed by atoms with Gasteiger partial charge in [-0.15, -0.1) is 6.58 Å². The van der Waals surface area contributed by atoms with Crippen LogP contribution < -0.4 is 5.73 Å². The summed E-state index contributed by atoms with van der Waals surface area (Å²) in [5.41, 5.74) is 6.95. The lowest BCUT2D eigenvalue weighted by atomic mass is 9.96. The van der Waals surface area contributed by atoms with Gasteiger partial charge in [-0.05, 0) is 38.8 Å². The zero-order valence-corrected chi connectivity index (χ0v) is 9.97. The first-order valence-corrected chi connectivity index (χ1v) is 5.26. The van der Waals surface area contributed by atoms with Gasteiger partial charge in [-0.3, -0.25) is 0 Å². The van der Waals surface area contributed by atoms with E-state index in [0.717, 1.165) is 10.9 Å². The molecule has 0 bridgehead atoms. The summed E-state index contributed by atoms with van der Waals surface area (Å²) < 4.78 is 1.10. The first kappa shape index (κ1) is 12.7. The van der Waals surface area contributed by atoms with Gasteiger partial charge in [0.2, 0.25) is 0 Å². The standard InChI is InChI=1S/C11H18BrN/c1-4-6-10(8-13)9(3)7-11(12)5-2/h4-5,7,10H,1,6,8,13H2,2-3H3. The summed E-state index contributed by atoms with van der Waals surface area (Å²) in [4.78, 5) is 0. The molecule has 0 aromatic heterocycles. The fraction of sp³-hybridized carbons (Fsp3) is 0.455. The smallest absolute Gasteiger partial charge is 0.0132 e. The van der Waals surface area contributed by atoms with Crippen molar-refractivity contribution in [2.45, 2.75) is 20.3 Å². The predicted molar refractivity (Wildman–Crippen MR) is 63.8 cm³/mol. The molecule has 2 heteroatoms. The van der Waals surface area contributed by atoms with Gasteiger partial charge < -0.3 is 5.73 Å². The Balaban J connectivity index is 4.43. The van der Waals surface area contributed by atoms with Crippen molar-refractivity contribution in [1.82, 2.24) is 0 Å². The summed E-state index contributed by atoms with van der Waals surface area (Å²) >= 11 is 3.44. The summed E-state index contributed by atoms with van der Waals surface area (Å²) in [6.07, 6.45) is 6.99. The second-order valence-corrected chi connectivity index (χ2v) is 3.93. The molecule has 0 rings (SSSR count). The molecule has 0 aliphatic heterocycles. The molecule has 13 heavy (non-hydrogen) atoms. The highest BCUT2D eigenvalue weighted by Gasteiger charge is 2.06. The lowest BCUT2D eigenvalue weighted by molar-refractivity contribution is 0.635. The highest BCUT2D eigenvalue weighted by molar-refractivity contribution is 9.11. The zero-order chi connectivity index (χ0) is 10.3. The number of hydrogen-bond acceptors (Lipinski definition) is 1. The molecule has 0 radical (unpaired) electrons. The molecule has 0 heterocycles. The number of hydrogen-bond donors (Lipinski definition) is 1. The minimum Gasteiger partial charge on any atom is -0.330 e. The Morgan fingerprint density at radius 2 is 2.23 bits per heavy atom. The third kappa shape index (κ3) is 5.06. The Bertz CT molecular complexity index is 216. The van der Waals surface area contributed by atoms with E-state index in [2.05, 4.69) is 35.5 Å². The molecule has 0 aromatic rings. The molecular formula is C11H18BrN. The largest absolute Gasteiger partial charge is 0.330 e. The van der Waals surface area contributed by atoms with Crippen molar-refractivity contribution in [3.63, 3.8) is 0 Å². The maximum atomic E-state index is 5.65. The van der Waals surface area contributed by atoms with E-state index >= 15 is 0 Å². The quantitative estimate of drug-likeness (QED) is 0.582. The normalized spacial score (nSPS) is 15.7. The molecule has 0 aromatic carbocycles. The highest BCUT2D eigenvalue weighted by atomic mass is 79.9. The third-order valence-electron chi connectivity index (χ3n) is 2.02. The van der Waals surface area contributed by atoms with Crippen LogP contribution in [0, 0.1) is 5.92 Å². The van der Waals surface area contributed by atoms with Gasteiger partial charge in [-0.1, -0.05) is 33.7 Å². The van der Waals surface area contributed by atoms with Crippen LogP contribution in [0.2, 0.25) is 0 Å². The van der Waals surface area contributed by atoms with E-state index in [1.54, 1.807) is 0 Å². The molecule has 0 saturated heterocycles. The van der Waals surface area contributed by atoms with Crippen LogP contribution in [0.3, 0.4) is 0 Å². The molecule has 74 valence electrons. The first-order valence-electron chi connectivity index (χ1n) is 4.46. The molecule has 2 N–H and O–H groups in total. The van der Waals surface area contributed by atoms with Gasteiger partial charge in [0.1, 0.15) is 0 Å². The summed E-state index contributed by atoms with van der Waals surface area (Å²) in [6.45, 7) is 8.50. The first-order chi connectivity index (χ1) is 6.15. The maximum absolute atomic E-state index is 5.65. The van der Waals surface area contributed by atoms with E-state index in [1.165, 1.54) is 5.57 Å². The van der Waals surface area contributed by atoms with E-state index < -0.39 is 0 Å². The second-order valence-electron chi connectivity index (χ2n) is 3.02. The molecule has 0 saturated carbocycles. The van der Waals surface area contributed by atoms with Crippen LogP contribution in [0.15, 0.2) is 34.9 Å². The van der Waals surface area contributed by atoms with E-state index in [-0.39, 0.29) is 0 Å². The SMILES string of the molecule is C=CCC(CN)C(C)=CC(Br)=CC. The third-order valence-corrected chi connectivity index (χ3v) is 2.71. The predicted octanol–water partition coefficient (Wildman–Crippen LogP) is 3.38. The van der Waals surface area contributed by atoms with Crippen LogP contribution >= 0.6 is 15.9 Å². The summed E-state index contributed by atoms with van der Waals surface area (Å²) in [5.74, 6) is 0.421. The van der Waals surface area contributed by atoms with Crippen molar-refractivity contribution in [1.29, 1.82) is 0 Å². The lowest BCUT2D eigenvalue weighted by Gasteiger charge is -2.12. The van der Waals surface area contributed by atoms with Crippen molar-refractivity contribution in [3.8, 4) is 0 Å².